The molecule has 6 nitrogen and oxygen atoms in total. The summed E-state index contributed by atoms with van der Waals surface area (Å²) < 4.78 is 28.2. The van der Waals surface area contributed by atoms with Crippen LogP contribution in [-0.4, -0.2) is 36.6 Å². The fourth-order valence-electron chi connectivity index (χ4n) is 2.02. The van der Waals surface area contributed by atoms with Crippen molar-refractivity contribution >= 4 is 32.5 Å². The molecular weight excluding hydrogens is 286 g/mol. The van der Waals surface area contributed by atoms with Gasteiger partial charge in [-0.05, 0) is 18.8 Å². The highest BCUT2D eigenvalue weighted by Crippen LogP contribution is 2.22. The van der Waals surface area contributed by atoms with Crippen molar-refractivity contribution in [3.63, 3.8) is 0 Å². The minimum absolute atomic E-state index is 0.173. The number of hydrogen-bond acceptors (Lipinski definition) is 5. The van der Waals surface area contributed by atoms with Gasteiger partial charge in [-0.2, -0.15) is 12.7 Å². The highest BCUT2D eigenvalue weighted by molar-refractivity contribution is 7.90. The molecule has 0 bridgehead atoms. The fraction of sp³-hybridized carbons (Fsp3) is 0.636. The number of nitrogens with zero attached hydrogens (tertiary/aromatic N) is 2. The van der Waals surface area contributed by atoms with E-state index in [1.54, 1.807) is 5.38 Å². The maximum atomic E-state index is 12.2. The maximum absolute atomic E-state index is 12.2. The van der Waals surface area contributed by atoms with Crippen LogP contribution in [0, 0.1) is 5.92 Å². The molecule has 0 aliphatic carbocycles. The van der Waals surface area contributed by atoms with Crippen molar-refractivity contribution in [1.82, 2.24) is 9.29 Å². The molecule has 1 aromatic rings. The Hall–Kier alpha value is -0.990. The Bertz CT molecular complexity index is 567. The third-order valence-electron chi connectivity index (χ3n) is 3.04. The van der Waals surface area contributed by atoms with Gasteiger partial charge in [-0.15, -0.1) is 11.3 Å². The van der Waals surface area contributed by atoms with Crippen LogP contribution < -0.4 is 4.72 Å². The molecule has 2 rings (SSSR count). The highest BCUT2D eigenvalue weighted by Gasteiger charge is 2.27. The van der Waals surface area contributed by atoms with Gasteiger partial charge in [-0.3, -0.25) is 4.79 Å². The number of Topliss-reactive ketones (excluding diaryl/α,β-unsaturated/α-hetero) is 1. The fourth-order valence-corrected chi connectivity index (χ4v) is 4.34. The molecular formula is C11H17N3O3S2. The summed E-state index contributed by atoms with van der Waals surface area (Å²) in [7, 11) is -3.56. The lowest BCUT2D eigenvalue weighted by atomic mass is 10.0. The van der Waals surface area contributed by atoms with Gasteiger partial charge in [0.15, 0.2) is 10.9 Å². The molecule has 1 atom stereocenters. The predicted octanol–water partition coefficient (Wildman–Crippen LogP) is 1.73. The number of piperidine rings is 1. The van der Waals surface area contributed by atoms with Crippen LogP contribution in [0.3, 0.4) is 0 Å². The summed E-state index contributed by atoms with van der Waals surface area (Å²) in [5.74, 6) is 0.197. The van der Waals surface area contributed by atoms with E-state index in [1.807, 2.05) is 6.92 Å². The Balaban J connectivity index is 2.09. The number of rotatable bonds is 4. The SMILES string of the molecule is CC(=O)c1csc(NS(=O)(=O)N2CCCC(C)C2)n1. The van der Waals surface area contributed by atoms with Gasteiger partial charge >= 0.3 is 10.2 Å². The second kappa shape index (κ2) is 5.56. The summed E-state index contributed by atoms with van der Waals surface area (Å²) in [5.41, 5.74) is 0.287. The Morgan fingerprint density at radius 2 is 2.32 bits per heavy atom. The van der Waals surface area contributed by atoms with Crippen LogP contribution in [0.2, 0.25) is 0 Å². The molecule has 0 spiro atoms. The van der Waals surface area contributed by atoms with Gasteiger partial charge < -0.3 is 0 Å². The van der Waals surface area contributed by atoms with Crippen LogP contribution in [0.5, 0.6) is 0 Å². The number of nitrogens with one attached hydrogen (secondary N) is 1. The van der Waals surface area contributed by atoms with Gasteiger partial charge in [-0.25, -0.2) is 9.71 Å². The van der Waals surface area contributed by atoms with Crippen LogP contribution in [0.4, 0.5) is 5.13 Å². The van der Waals surface area contributed by atoms with Crippen molar-refractivity contribution < 1.29 is 13.2 Å². The van der Waals surface area contributed by atoms with E-state index in [1.165, 1.54) is 11.2 Å². The minimum atomic E-state index is -3.56. The number of carbonyl (C=O) groups is 1. The predicted molar refractivity (Wildman–Crippen MR) is 74.6 cm³/mol. The average Bonchev–Trinajstić information content (AvgIpc) is 2.77. The van der Waals surface area contributed by atoms with Crippen LogP contribution in [0.1, 0.15) is 37.2 Å². The van der Waals surface area contributed by atoms with Crippen molar-refractivity contribution in [3.05, 3.63) is 11.1 Å². The average molecular weight is 303 g/mol. The van der Waals surface area contributed by atoms with Gasteiger partial charge in [0.05, 0.1) is 0 Å². The van der Waals surface area contributed by atoms with Gasteiger partial charge in [0.25, 0.3) is 0 Å². The molecule has 2 heterocycles. The largest absolute Gasteiger partial charge is 0.303 e. The first-order valence-electron chi connectivity index (χ1n) is 6.13. The Morgan fingerprint density at radius 1 is 1.58 bits per heavy atom. The van der Waals surface area contributed by atoms with E-state index in [-0.39, 0.29) is 16.6 Å². The van der Waals surface area contributed by atoms with Crippen LogP contribution >= 0.6 is 11.3 Å². The monoisotopic (exact) mass is 303 g/mol. The van der Waals surface area contributed by atoms with Gasteiger partial charge in [0.2, 0.25) is 0 Å². The number of hydrogen-bond donors (Lipinski definition) is 1. The first kappa shape index (κ1) is 14.4. The number of aromatic nitrogens is 1. The van der Waals surface area contributed by atoms with Crippen molar-refractivity contribution in [2.45, 2.75) is 26.7 Å². The molecule has 0 radical (unpaired) electrons. The molecule has 1 fully saturated rings. The lowest BCUT2D eigenvalue weighted by Gasteiger charge is -2.29. The third-order valence-corrected chi connectivity index (χ3v) is 5.39. The highest BCUT2D eigenvalue weighted by atomic mass is 32.2. The Morgan fingerprint density at radius 3 is 2.89 bits per heavy atom. The quantitative estimate of drug-likeness (QED) is 0.859. The molecule has 1 aromatic heterocycles. The molecule has 1 saturated heterocycles. The molecule has 1 N–H and O–H groups in total. The minimum Gasteiger partial charge on any atom is -0.293 e. The van der Waals surface area contributed by atoms with E-state index in [0.29, 0.717) is 19.0 Å². The second-order valence-electron chi connectivity index (χ2n) is 4.81. The molecule has 0 amide bonds. The van der Waals surface area contributed by atoms with Gasteiger partial charge in [-0.1, -0.05) is 6.92 Å². The van der Waals surface area contributed by atoms with Crippen LogP contribution in [0.15, 0.2) is 5.38 Å². The van der Waals surface area contributed by atoms with Gasteiger partial charge in [0.1, 0.15) is 5.69 Å². The molecule has 0 saturated carbocycles. The van der Waals surface area contributed by atoms with Crippen LogP contribution in [0.25, 0.3) is 0 Å². The molecule has 106 valence electrons. The second-order valence-corrected chi connectivity index (χ2v) is 7.34. The topological polar surface area (TPSA) is 79.4 Å². The van der Waals surface area contributed by atoms with E-state index in [4.69, 9.17) is 0 Å². The number of ketones is 1. The lowest BCUT2D eigenvalue weighted by molar-refractivity contribution is 0.101. The zero-order chi connectivity index (χ0) is 14.0. The van der Waals surface area contributed by atoms with Crippen molar-refractivity contribution in [2.75, 3.05) is 17.8 Å². The molecule has 1 aliphatic rings. The summed E-state index contributed by atoms with van der Waals surface area (Å²) in [4.78, 5) is 15.1. The number of thiazole rings is 1. The molecule has 19 heavy (non-hydrogen) atoms. The normalized spacial score (nSPS) is 21.3. The summed E-state index contributed by atoms with van der Waals surface area (Å²) in [6.07, 6.45) is 1.93. The smallest absolute Gasteiger partial charge is 0.293 e. The first-order chi connectivity index (χ1) is 8.88. The molecule has 8 heteroatoms. The Kier molecular flexibility index (Phi) is 4.22. The first-order valence-corrected chi connectivity index (χ1v) is 8.45. The number of carbonyl (C=O) groups excluding carboxylic acids is 1. The summed E-state index contributed by atoms with van der Waals surface area (Å²) in [6, 6.07) is 0. The zero-order valence-corrected chi connectivity index (χ0v) is 12.6. The van der Waals surface area contributed by atoms with Crippen molar-refractivity contribution in [1.29, 1.82) is 0 Å². The summed E-state index contributed by atoms with van der Waals surface area (Å²) >= 11 is 1.12. The molecule has 1 aliphatic heterocycles. The number of anilines is 1. The lowest BCUT2D eigenvalue weighted by Crippen LogP contribution is -2.42. The van der Waals surface area contributed by atoms with Crippen molar-refractivity contribution in [2.24, 2.45) is 5.92 Å². The third kappa shape index (κ3) is 3.52. The maximum Gasteiger partial charge on any atom is 0.303 e. The van der Waals surface area contributed by atoms with Gasteiger partial charge in [0, 0.05) is 25.4 Å². The van der Waals surface area contributed by atoms with E-state index in [0.717, 1.165) is 24.2 Å². The van der Waals surface area contributed by atoms with E-state index in [9.17, 15) is 13.2 Å². The molecule has 1 unspecified atom stereocenters. The summed E-state index contributed by atoms with van der Waals surface area (Å²) in [5, 5.41) is 1.79. The van der Waals surface area contributed by atoms with Crippen LogP contribution in [-0.2, 0) is 10.2 Å². The van der Waals surface area contributed by atoms with E-state index in [2.05, 4.69) is 9.71 Å². The standard InChI is InChI=1S/C11H17N3O3S2/c1-8-4-3-5-14(6-8)19(16,17)13-11-12-10(7-18-11)9(2)15/h7-8H,3-6H2,1-2H3,(H,12,13). The molecule has 0 aromatic carbocycles. The zero-order valence-electron chi connectivity index (χ0n) is 10.9. The Labute approximate surface area is 117 Å². The van der Waals surface area contributed by atoms with E-state index < -0.39 is 10.2 Å². The summed E-state index contributed by atoms with van der Waals surface area (Å²) in [6.45, 7) is 4.50. The van der Waals surface area contributed by atoms with Crippen molar-refractivity contribution in [3.8, 4) is 0 Å². The van der Waals surface area contributed by atoms with E-state index >= 15 is 0 Å².